The Labute approximate surface area is 206 Å². The van der Waals surface area contributed by atoms with Crippen molar-refractivity contribution in [3.05, 3.63) is 64.9 Å². The van der Waals surface area contributed by atoms with E-state index in [0.717, 1.165) is 0 Å². The lowest BCUT2D eigenvalue weighted by Crippen LogP contribution is -2.36. The average Bonchev–Trinajstić information content (AvgIpc) is 3.49. The smallest absolute Gasteiger partial charge is 0.335 e. The van der Waals surface area contributed by atoms with Crippen LogP contribution in [0.2, 0.25) is 5.02 Å². The third kappa shape index (κ3) is 5.12. The van der Waals surface area contributed by atoms with Gasteiger partial charge in [0, 0.05) is 31.2 Å². The standard InChI is InChI=1S/C22H19ClN6O4.C2H6/c23-15-3-5-19-17(13-15)26-22(33-19)28-9-1-8-27(10-11-28)20(30)16-12-14(21(31)32)2-4-18(16)29-24-6-7-25-29;1-2/h2-7,12-13H,1,8-11H2,(H,31,32);1-2H3. The molecule has 4 aromatic rings. The Morgan fingerprint density at radius 2 is 1.77 bits per heavy atom. The normalized spacial score (nSPS) is 13.8. The van der Waals surface area contributed by atoms with Crippen molar-refractivity contribution in [1.82, 2.24) is 24.9 Å². The van der Waals surface area contributed by atoms with Gasteiger partial charge in [-0.1, -0.05) is 25.4 Å². The molecule has 0 saturated carbocycles. The molecule has 0 atom stereocenters. The van der Waals surface area contributed by atoms with Crippen molar-refractivity contribution in [1.29, 1.82) is 0 Å². The van der Waals surface area contributed by atoms with E-state index in [2.05, 4.69) is 15.2 Å². The zero-order valence-corrected chi connectivity index (χ0v) is 20.1. The zero-order chi connectivity index (χ0) is 24.9. The number of carbonyl (C=O) groups is 2. The maximum absolute atomic E-state index is 13.5. The van der Waals surface area contributed by atoms with Crippen molar-refractivity contribution >= 4 is 40.6 Å². The fourth-order valence-corrected chi connectivity index (χ4v) is 4.03. The molecule has 1 aliphatic heterocycles. The molecule has 35 heavy (non-hydrogen) atoms. The lowest BCUT2D eigenvalue weighted by molar-refractivity contribution is 0.0697. The summed E-state index contributed by atoms with van der Waals surface area (Å²) in [6, 6.07) is 10.1. The van der Waals surface area contributed by atoms with E-state index in [1.165, 1.54) is 29.3 Å². The molecule has 11 heteroatoms. The largest absolute Gasteiger partial charge is 0.478 e. The number of amides is 1. The van der Waals surface area contributed by atoms with Gasteiger partial charge in [-0.3, -0.25) is 4.79 Å². The van der Waals surface area contributed by atoms with Crippen LogP contribution in [0, 0.1) is 0 Å². The molecule has 2 aromatic carbocycles. The van der Waals surface area contributed by atoms with Crippen LogP contribution in [0.25, 0.3) is 16.8 Å². The fourth-order valence-electron chi connectivity index (χ4n) is 3.86. The number of hydrogen-bond acceptors (Lipinski definition) is 7. The fraction of sp³-hybridized carbons (Fsp3) is 0.292. The molecule has 1 amide bonds. The minimum atomic E-state index is -1.11. The first-order valence-electron chi connectivity index (χ1n) is 11.3. The van der Waals surface area contributed by atoms with E-state index >= 15 is 0 Å². The van der Waals surface area contributed by atoms with Crippen LogP contribution < -0.4 is 4.90 Å². The van der Waals surface area contributed by atoms with Crippen molar-refractivity contribution in [2.24, 2.45) is 0 Å². The van der Waals surface area contributed by atoms with Gasteiger partial charge in [0.25, 0.3) is 11.9 Å². The first kappa shape index (κ1) is 24.2. The van der Waals surface area contributed by atoms with Gasteiger partial charge >= 0.3 is 5.97 Å². The van der Waals surface area contributed by atoms with Crippen molar-refractivity contribution in [3.8, 4) is 5.69 Å². The van der Waals surface area contributed by atoms with Gasteiger partial charge < -0.3 is 19.3 Å². The average molecular weight is 497 g/mol. The van der Waals surface area contributed by atoms with E-state index < -0.39 is 5.97 Å². The molecule has 1 fully saturated rings. The number of rotatable bonds is 4. The molecule has 1 saturated heterocycles. The summed E-state index contributed by atoms with van der Waals surface area (Å²) in [5.74, 6) is -1.39. The van der Waals surface area contributed by atoms with E-state index in [1.807, 2.05) is 18.7 Å². The van der Waals surface area contributed by atoms with Crippen LogP contribution in [-0.2, 0) is 0 Å². The van der Waals surface area contributed by atoms with Crippen molar-refractivity contribution in [2.75, 3.05) is 31.1 Å². The number of hydrogen-bond donors (Lipinski definition) is 1. The summed E-state index contributed by atoms with van der Waals surface area (Å²) in [6.45, 7) is 6.10. The molecule has 0 bridgehead atoms. The Kier molecular flexibility index (Phi) is 7.31. The molecule has 5 rings (SSSR count). The SMILES string of the molecule is CC.O=C(O)c1ccc(-n2nccn2)c(C(=O)N2CCCN(c3nc4cc(Cl)ccc4o3)CC2)c1. The molecule has 2 aromatic heterocycles. The second-order valence-corrected chi connectivity index (χ2v) is 8.03. The number of fused-ring (bicyclic) bond motifs is 1. The van der Waals surface area contributed by atoms with Crippen LogP contribution in [0.15, 0.2) is 53.2 Å². The highest BCUT2D eigenvalue weighted by Crippen LogP contribution is 2.26. The van der Waals surface area contributed by atoms with Crippen molar-refractivity contribution in [3.63, 3.8) is 0 Å². The van der Waals surface area contributed by atoms with E-state index in [9.17, 15) is 14.7 Å². The number of benzene rings is 2. The van der Waals surface area contributed by atoms with Gasteiger partial charge in [0.1, 0.15) is 5.52 Å². The number of anilines is 1. The third-order valence-corrected chi connectivity index (χ3v) is 5.74. The van der Waals surface area contributed by atoms with Crippen LogP contribution >= 0.6 is 11.6 Å². The second kappa shape index (κ2) is 10.6. The van der Waals surface area contributed by atoms with Gasteiger partial charge in [-0.05, 0) is 42.8 Å². The number of carbonyl (C=O) groups excluding carboxylic acids is 1. The van der Waals surface area contributed by atoms with Crippen LogP contribution in [-0.4, -0.2) is 68.0 Å². The lowest BCUT2D eigenvalue weighted by atomic mass is 10.1. The summed E-state index contributed by atoms with van der Waals surface area (Å²) in [6.07, 6.45) is 3.69. The summed E-state index contributed by atoms with van der Waals surface area (Å²) in [5.41, 5.74) is 2.00. The maximum Gasteiger partial charge on any atom is 0.335 e. The molecular formula is C24H25ClN6O4. The second-order valence-electron chi connectivity index (χ2n) is 7.60. The molecule has 1 aliphatic rings. The Hall–Kier alpha value is -3.92. The number of carboxylic acid groups (broad SMARTS) is 1. The van der Waals surface area contributed by atoms with Gasteiger partial charge in [-0.15, -0.1) is 0 Å². The predicted molar refractivity (Wildman–Crippen MR) is 131 cm³/mol. The first-order chi connectivity index (χ1) is 17.0. The van der Waals surface area contributed by atoms with E-state index in [0.29, 0.717) is 60.4 Å². The van der Waals surface area contributed by atoms with Crippen LogP contribution in [0.5, 0.6) is 0 Å². The number of aromatic carboxylic acids is 1. The Bertz CT molecular complexity index is 1340. The molecule has 3 heterocycles. The Balaban J connectivity index is 0.00000141. The first-order valence-corrected chi connectivity index (χ1v) is 11.7. The Morgan fingerprint density at radius 3 is 2.51 bits per heavy atom. The van der Waals surface area contributed by atoms with Crippen LogP contribution in [0.1, 0.15) is 41.0 Å². The van der Waals surface area contributed by atoms with Gasteiger partial charge in [0.05, 0.1) is 29.2 Å². The maximum atomic E-state index is 13.5. The summed E-state index contributed by atoms with van der Waals surface area (Å²) < 4.78 is 5.88. The molecule has 0 spiro atoms. The number of nitrogens with zero attached hydrogens (tertiary/aromatic N) is 6. The quantitative estimate of drug-likeness (QED) is 0.448. The van der Waals surface area contributed by atoms with Gasteiger partial charge in [-0.2, -0.15) is 20.0 Å². The monoisotopic (exact) mass is 496 g/mol. The summed E-state index contributed by atoms with van der Waals surface area (Å²) in [4.78, 5) is 34.5. The summed E-state index contributed by atoms with van der Waals surface area (Å²) >= 11 is 6.05. The van der Waals surface area contributed by atoms with Gasteiger partial charge in [0.15, 0.2) is 5.58 Å². The van der Waals surface area contributed by atoms with Crippen molar-refractivity contribution in [2.45, 2.75) is 20.3 Å². The summed E-state index contributed by atoms with van der Waals surface area (Å²) in [5, 5.41) is 18.2. The minimum absolute atomic E-state index is 0.0239. The predicted octanol–water partition coefficient (Wildman–Crippen LogP) is 4.14. The van der Waals surface area contributed by atoms with E-state index in [4.69, 9.17) is 16.0 Å². The number of carboxylic acids is 1. The molecule has 0 radical (unpaired) electrons. The number of aromatic nitrogens is 4. The van der Waals surface area contributed by atoms with Crippen molar-refractivity contribution < 1.29 is 19.1 Å². The van der Waals surface area contributed by atoms with Crippen LogP contribution in [0.3, 0.4) is 0 Å². The number of halogens is 1. The molecule has 0 aliphatic carbocycles. The highest BCUT2D eigenvalue weighted by Gasteiger charge is 2.26. The van der Waals surface area contributed by atoms with Crippen LogP contribution in [0.4, 0.5) is 6.01 Å². The zero-order valence-electron chi connectivity index (χ0n) is 19.4. The van der Waals surface area contributed by atoms with E-state index in [-0.39, 0.29) is 17.0 Å². The Morgan fingerprint density at radius 1 is 1.00 bits per heavy atom. The third-order valence-electron chi connectivity index (χ3n) is 5.50. The highest BCUT2D eigenvalue weighted by molar-refractivity contribution is 6.31. The van der Waals surface area contributed by atoms with Gasteiger partial charge in [0.2, 0.25) is 0 Å². The van der Waals surface area contributed by atoms with Gasteiger partial charge in [-0.25, -0.2) is 4.79 Å². The van der Waals surface area contributed by atoms with E-state index in [1.54, 1.807) is 29.2 Å². The molecule has 0 unspecified atom stereocenters. The molecular weight excluding hydrogens is 472 g/mol. The lowest BCUT2D eigenvalue weighted by Gasteiger charge is -2.22. The topological polar surface area (TPSA) is 118 Å². The summed E-state index contributed by atoms with van der Waals surface area (Å²) in [7, 11) is 0. The number of oxazole rings is 1. The molecule has 10 nitrogen and oxygen atoms in total. The molecule has 1 N–H and O–H groups in total. The molecule has 182 valence electrons. The minimum Gasteiger partial charge on any atom is -0.478 e. The highest BCUT2D eigenvalue weighted by atomic mass is 35.5.